The normalized spacial score (nSPS) is 11.0. The van der Waals surface area contributed by atoms with Gasteiger partial charge in [-0.25, -0.2) is 4.39 Å². The monoisotopic (exact) mass is 359 g/mol. The Kier molecular flexibility index (Phi) is 5.28. The van der Waals surface area contributed by atoms with Crippen LogP contribution in [-0.4, -0.2) is 49.5 Å². The molecule has 130 valence electrons. The Bertz CT molecular complexity index is 894. The van der Waals surface area contributed by atoms with Crippen molar-refractivity contribution in [3.05, 3.63) is 42.2 Å². The Morgan fingerprint density at radius 1 is 1.20 bits per heavy atom. The zero-order chi connectivity index (χ0) is 17.8. The number of aromatic nitrogens is 4. The van der Waals surface area contributed by atoms with Crippen LogP contribution in [-0.2, 0) is 4.79 Å². The molecule has 0 saturated heterocycles. The van der Waals surface area contributed by atoms with Crippen LogP contribution < -0.4 is 0 Å². The highest BCUT2D eigenvalue weighted by Crippen LogP contribution is 2.21. The molecule has 1 aromatic carbocycles. The van der Waals surface area contributed by atoms with Crippen molar-refractivity contribution in [3.63, 3.8) is 0 Å². The molecule has 0 bridgehead atoms. The fourth-order valence-electron chi connectivity index (χ4n) is 2.46. The largest absolute Gasteiger partial charge is 0.343 e. The molecule has 0 aliphatic heterocycles. The maximum Gasteiger partial charge on any atom is 0.232 e. The van der Waals surface area contributed by atoms with Gasteiger partial charge in [0.05, 0.1) is 5.75 Å². The Morgan fingerprint density at radius 2 is 2.00 bits per heavy atom. The molecule has 3 rings (SSSR count). The maximum absolute atomic E-state index is 13.5. The topological polar surface area (TPSA) is 63.4 Å². The Labute approximate surface area is 149 Å². The molecule has 0 radical (unpaired) electrons. The average Bonchev–Trinajstić information content (AvgIpc) is 3.04. The van der Waals surface area contributed by atoms with Crippen molar-refractivity contribution in [2.75, 3.05) is 18.8 Å². The lowest BCUT2D eigenvalue weighted by atomic mass is 10.2. The van der Waals surface area contributed by atoms with Crippen molar-refractivity contribution < 1.29 is 9.18 Å². The van der Waals surface area contributed by atoms with Crippen LogP contribution in [0.25, 0.3) is 17.0 Å². The molecule has 0 N–H and O–H groups in total. The first-order valence-electron chi connectivity index (χ1n) is 8.01. The van der Waals surface area contributed by atoms with Crippen molar-refractivity contribution in [1.29, 1.82) is 0 Å². The molecule has 25 heavy (non-hydrogen) atoms. The molecular weight excluding hydrogens is 341 g/mol. The lowest BCUT2D eigenvalue weighted by Gasteiger charge is -2.17. The third-order valence-corrected chi connectivity index (χ3v) is 4.69. The zero-order valence-corrected chi connectivity index (χ0v) is 14.8. The molecule has 0 fully saturated rings. The van der Waals surface area contributed by atoms with E-state index >= 15 is 0 Å². The first kappa shape index (κ1) is 17.3. The molecule has 0 unspecified atom stereocenters. The zero-order valence-electron chi connectivity index (χ0n) is 14.0. The van der Waals surface area contributed by atoms with E-state index in [1.807, 2.05) is 13.8 Å². The van der Waals surface area contributed by atoms with Crippen LogP contribution in [0.4, 0.5) is 4.39 Å². The third kappa shape index (κ3) is 3.79. The number of nitrogens with zero attached hydrogens (tertiary/aromatic N) is 5. The maximum atomic E-state index is 13.5. The quantitative estimate of drug-likeness (QED) is 0.633. The standard InChI is InChI=1S/C17H18FN5OS/c1-3-22(4-2)16(24)11-25-15-9-8-14-19-20-17(23(14)21-15)12-6-5-7-13(18)10-12/h5-10H,3-4,11H2,1-2H3. The number of benzene rings is 1. The van der Waals surface area contributed by atoms with Gasteiger partial charge in [0, 0.05) is 18.7 Å². The van der Waals surface area contributed by atoms with Gasteiger partial charge in [0.25, 0.3) is 0 Å². The molecular formula is C17H18FN5OS. The van der Waals surface area contributed by atoms with E-state index in [0.717, 1.165) is 0 Å². The predicted molar refractivity (Wildman–Crippen MR) is 94.8 cm³/mol. The number of hydrogen-bond donors (Lipinski definition) is 0. The van der Waals surface area contributed by atoms with Gasteiger partial charge in [0.15, 0.2) is 11.5 Å². The minimum absolute atomic E-state index is 0.0750. The lowest BCUT2D eigenvalue weighted by Crippen LogP contribution is -2.31. The summed E-state index contributed by atoms with van der Waals surface area (Å²) in [6, 6.07) is 9.73. The average molecular weight is 359 g/mol. The smallest absolute Gasteiger partial charge is 0.232 e. The lowest BCUT2D eigenvalue weighted by molar-refractivity contribution is -0.127. The minimum atomic E-state index is -0.343. The van der Waals surface area contributed by atoms with E-state index in [1.54, 1.807) is 33.7 Å². The first-order chi connectivity index (χ1) is 12.1. The fraction of sp³-hybridized carbons (Fsp3) is 0.294. The summed E-state index contributed by atoms with van der Waals surface area (Å²) >= 11 is 1.36. The van der Waals surface area contributed by atoms with Gasteiger partial charge in [-0.15, -0.1) is 10.2 Å². The van der Waals surface area contributed by atoms with Crippen molar-refractivity contribution in [2.45, 2.75) is 18.9 Å². The van der Waals surface area contributed by atoms with Gasteiger partial charge in [-0.2, -0.15) is 9.61 Å². The van der Waals surface area contributed by atoms with E-state index in [1.165, 1.54) is 23.9 Å². The van der Waals surface area contributed by atoms with Crippen LogP contribution in [0.5, 0.6) is 0 Å². The summed E-state index contributed by atoms with van der Waals surface area (Å²) in [5.41, 5.74) is 1.17. The summed E-state index contributed by atoms with van der Waals surface area (Å²) in [4.78, 5) is 13.9. The van der Waals surface area contributed by atoms with E-state index in [4.69, 9.17) is 0 Å². The summed E-state index contributed by atoms with van der Waals surface area (Å²) in [6.45, 7) is 5.30. The minimum Gasteiger partial charge on any atom is -0.343 e. The fourth-order valence-corrected chi connectivity index (χ4v) is 3.22. The van der Waals surface area contributed by atoms with Crippen molar-refractivity contribution in [2.24, 2.45) is 0 Å². The van der Waals surface area contributed by atoms with Gasteiger partial charge in [-0.1, -0.05) is 23.9 Å². The van der Waals surface area contributed by atoms with Crippen LogP contribution >= 0.6 is 11.8 Å². The van der Waals surface area contributed by atoms with Crippen molar-refractivity contribution in [3.8, 4) is 11.4 Å². The summed E-state index contributed by atoms with van der Waals surface area (Å²) in [5, 5.41) is 13.3. The summed E-state index contributed by atoms with van der Waals surface area (Å²) in [6.07, 6.45) is 0. The number of rotatable bonds is 6. The predicted octanol–water partition coefficient (Wildman–Crippen LogP) is 2.89. The second-order valence-corrected chi connectivity index (χ2v) is 6.33. The van der Waals surface area contributed by atoms with Gasteiger partial charge >= 0.3 is 0 Å². The molecule has 2 heterocycles. The van der Waals surface area contributed by atoms with Gasteiger partial charge in [-0.05, 0) is 38.1 Å². The SMILES string of the molecule is CCN(CC)C(=O)CSc1ccc2nnc(-c3cccc(F)c3)n2n1. The Hall–Kier alpha value is -2.48. The molecule has 0 aliphatic carbocycles. The van der Waals surface area contributed by atoms with E-state index in [9.17, 15) is 9.18 Å². The summed E-state index contributed by atoms with van der Waals surface area (Å²) in [5.74, 6) is 0.514. The first-order valence-corrected chi connectivity index (χ1v) is 9.00. The summed E-state index contributed by atoms with van der Waals surface area (Å²) < 4.78 is 15.0. The number of hydrogen-bond acceptors (Lipinski definition) is 5. The second kappa shape index (κ2) is 7.60. The third-order valence-electron chi connectivity index (χ3n) is 3.78. The molecule has 8 heteroatoms. The van der Waals surface area contributed by atoms with E-state index in [0.29, 0.717) is 40.9 Å². The number of carbonyl (C=O) groups excluding carboxylic acids is 1. The highest BCUT2D eigenvalue weighted by molar-refractivity contribution is 7.99. The van der Waals surface area contributed by atoms with E-state index in [-0.39, 0.29) is 11.7 Å². The second-order valence-electron chi connectivity index (χ2n) is 5.33. The Balaban J connectivity index is 1.84. The van der Waals surface area contributed by atoms with Gasteiger partial charge in [-0.3, -0.25) is 4.79 Å². The van der Waals surface area contributed by atoms with Crippen molar-refractivity contribution >= 4 is 23.3 Å². The highest BCUT2D eigenvalue weighted by atomic mass is 32.2. The van der Waals surface area contributed by atoms with Gasteiger partial charge in [0.1, 0.15) is 10.8 Å². The van der Waals surface area contributed by atoms with Crippen LogP contribution in [0.15, 0.2) is 41.4 Å². The van der Waals surface area contributed by atoms with Crippen LogP contribution in [0.3, 0.4) is 0 Å². The molecule has 0 spiro atoms. The molecule has 0 saturated carbocycles. The van der Waals surface area contributed by atoms with Gasteiger partial charge < -0.3 is 4.90 Å². The molecule has 3 aromatic rings. The number of fused-ring (bicyclic) bond motifs is 1. The number of thioether (sulfide) groups is 1. The number of carbonyl (C=O) groups is 1. The van der Waals surface area contributed by atoms with Crippen molar-refractivity contribution in [1.82, 2.24) is 24.7 Å². The van der Waals surface area contributed by atoms with E-state index in [2.05, 4.69) is 15.3 Å². The molecule has 2 aromatic heterocycles. The Morgan fingerprint density at radius 3 is 2.72 bits per heavy atom. The summed E-state index contributed by atoms with van der Waals surface area (Å²) in [7, 11) is 0. The molecule has 6 nitrogen and oxygen atoms in total. The number of halogens is 1. The molecule has 0 aliphatic rings. The molecule has 1 amide bonds. The van der Waals surface area contributed by atoms with Crippen LogP contribution in [0.2, 0.25) is 0 Å². The van der Waals surface area contributed by atoms with Crippen LogP contribution in [0, 0.1) is 5.82 Å². The molecule has 0 atom stereocenters. The van der Waals surface area contributed by atoms with Crippen LogP contribution in [0.1, 0.15) is 13.8 Å². The highest BCUT2D eigenvalue weighted by Gasteiger charge is 2.13. The van der Waals surface area contributed by atoms with Gasteiger partial charge in [0.2, 0.25) is 5.91 Å². The van der Waals surface area contributed by atoms with E-state index < -0.39 is 0 Å². The number of amides is 1.